The lowest BCUT2D eigenvalue weighted by Gasteiger charge is -2.15. The number of hydrogen-bond donors (Lipinski definition) is 4. The minimum Gasteiger partial charge on any atom is -0.480 e. The molecule has 0 spiro atoms. The van der Waals surface area contributed by atoms with Crippen LogP contribution in [0.15, 0.2) is 71.9 Å². The van der Waals surface area contributed by atoms with Crippen LogP contribution < -0.4 is 31.6 Å². The van der Waals surface area contributed by atoms with Crippen molar-refractivity contribution in [2.45, 2.75) is 50.9 Å². The normalized spacial score (nSPS) is 17.2. The second kappa shape index (κ2) is 15.2. The highest BCUT2D eigenvalue weighted by atomic mass is 35.5. The van der Waals surface area contributed by atoms with Crippen LogP contribution in [0.2, 0.25) is 10.0 Å². The van der Waals surface area contributed by atoms with Crippen molar-refractivity contribution < 1.29 is 14.3 Å². The topological polar surface area (TPSA) is 152 Å². The van der Waals surface area contributed by atoms with Gasteiger partial charge in [0.15, 0.2) is 0 Å². The van der Waals surface area contributed by atoms with Crippen LogP contribution in [0.3, 0.4) is 0 Å². The van der Waals surface area contributed by atoms with E-state index in [0.717, 1.165) is 35.1 Å². The Bertz CT molecular complexity index is 2190. The summed E-state index contributed by atoms with van der Waals surface area (Å²) in [5.41, 5.74) is 5.70. The number of ether oxygens (including phenoxy) is 1. The highest BCUT2D eigenvalue weighted by Gasteiger charge is 2.22. The first-order valence-electron chi connectivity index (χ1n) is 16.8. The van der Waals surface area contributed by atoms with Crippen molar-refractivity contribution in [1.82, 2.24) is 40.6 Å². The molecule has 262 valence electrons. The van der Waals surface area contributed by atoms with Gasteiger partial charge in [0.2, 0.25) is 17.7 Å². The first kappa shape index (κ1) is 34.6. The molecule has 2 amide bonds. The van der Waals surface area contributed by atoms with Crippen molar-refractivity contribution in [3.63, 3.8) is 0 Å². The fraction of sp³-hybridized carbons (Fsp3) is 0.297. The van der Waals surface area contributed by atoms with Crippen LogP contribution in [0.1, 0.15) is 36.9 Å². The van der Waals surface area contributed by atoms with E-state index < -0.39 is 0 Å². The van der Waals surface area contributed by atoms with E-state index in [9.17, 15) is 14.4 Å². The molecule has 12 nitrogen and oxygen atoms in total. The number of halogens is 2. The van der Waals surface area contributed by atoms with E-state index >= 15 is 0 Å². The van der Waals surface area contributed by atoms with Gasteiger partial charge in [-0.25, -0.2) is 9.97 Å². The lowest BCUT2D eigenvalue weighted by molar-refractivity contribution is -0.120. The number of fused-ring (bicyclic) bond motifs is 1. The Labute approximate surface area is 304 Å². The maximum absolute atomic E-state index is 13.3. The van der Waals surface area contributed by atoms with Crippen molar-refractivity contribution >= 4 is 40.7 Å². The summed E-state index contributed by atoms with van der Waals surface area (Å²) in [4.78, 5) is 50.1. The van der Waals surface area contributed by atoms with E-state index in [0.29, 0.717) is 83.1 Å². The molecule has 0 unspecified atom stereocenters. The molecule has 2 aromatic carbocycles. The molecular formula is C37H36Cl2N8O4. The molecule has 5 aromatic rings. The van der Waals surface area contributed by atoms with Crippen LogP contribution in [0.4, 0.5) is 0 Å². The van der Waals surface area contributed by atoms with Crippen LogP contribution in [0.5, 0.6) is 5.88 Å². The first-order valence-corrected chi connectivity index (χ1v) is 17.5. The fourth-order valence-electron chi connectivity index (χ4n) is 6.52. The molecule has 5 heterocycles. The molecule has 2 saturated heterocycles. The quantitative estimate of drug-likeness (QED) is 0.145. The number of methoxy groups -OCH3 is 1. The minimum absolute atomic E-state index is 0.0584. The molecular weight excluding hydrogens is 691 g/mol. The fourth-order valence-corrected chi connectivity index (χ4v) is 7.18. The largest absolute Gasteiger partial charge is 0.480 e. The molecule has 3 aromatic heterocycles. The highest BCUT2D eigenvalue weighted by molar-refractivity contribution is 6.39. The number of carbonyl (C=O) groups is 2. The maximum atomic E-state index is 13.3. The third-order valence-corrected chi connectivity index (χ3v) is 10.0. The lowest BCUT2D eigenvalue weighted by Crippen LogP contribution is -2.36. The number of nitrogens with one attached hydrogen (secondary N) is 4. The van der Waals surface area contributed by atoms with Crippen LogP contribution in [0.25, 0.3) is 39.2 Å². The molecule has 2 atom stereocenters. The summed E-state index contributed by atoms with van der Waals surface area (Å²) >= 11 is 14.1. The number of carbonyl (C=O) groups excluding carboxylic acids is 2. The molecule has 4 N–H and O–H groups in total. The van der Waals surface area contributed by atoms with Gasteiger partial charge in [-0.15, -0.1) is 0 Å². The SMILES string of the molecule is COc1nc(-c2cccc(-c3cccc(-c4ccn5c(=O)c(CNC[C@H]6CCC(=O)N6)cnc5c4)c3Cl)c2Cl)cnc1CNC[C@H]1CCC(=O)N1. The molecule has 0 aliphatic carbocycles. The van der Waals surface area contributed by atoms with E-state index in [2.05, 4.69) is 31.2 Å². The number of hydrogen-bond acceptors (Lipinski definition) is 9. The molecule has 0 saturated carbocycles. The number of aromatic nitrogens is 4. The van der Waals surface area contributed by atoms with Gasteiger partial charge in [0.05, 0.1) is 29.0 Å². The van der Waals surface area contributed by atoms with Crippen molar-refractivity contribution in [2.75, 3.05) is 20.2 Å². The average molecular weight is 728 g/mol. The van der Waals surface area contributed by atoms with Crippen LogP contribution in [0, 0.1) is 0 Å². The van der Waals surface area contributed by atoms with E-state index in [-0.39, 0.29) is 29.5 Å². The van der Waals surface area contributed by atoms with Gasteiger partial charge < -0.3 is 26.0 Å². The molecule has 0 radical (unpaired) electrons. The van der Waals surface area contributed by atoms with Crippen LogP contribution >= 0.6 is 23.2 Å². The predicted molar refractivity (Wildman–Crippen MR) is 196 cm³/mol. The van der Waals surface area contributed by atoms with Gasteiger partial charge in [0, 0.05) is 91.3 Å². The van der Waals surface area contributed by atoms with E-state index in [4.69, 9.17) is 32.9 Å². The predicted octanol–water partition coefficient (Wildman–Crippen LogP) is 4.54. The second-order valence-electron chi connectivity index (χ2n) is 12.6. The van der Waals surface area contributed by atoms with E-state index in [1.807, 2.05) is 48.5 Å². The third-order valence-electron chi connectivity index (χ3n) is 9.22. The Kier molecular flexibility index (Phi) is 10.3. The Morgan fingerprint density at radius 3 is 2.10 bits per heavy atom. The van der Waals surface area contributed by atoms with Gasteiger partial charge in [0.1, 0.15) is 11.3 Å². The molecule has 51 heavy (non-hydrogen) atoms. The minimum atomic E-state index is -0.166. The average Bonchev–Trinajstić information content (AvgIpc) is 3.76. The summed E-state index contributed by atoms with van der Waals surface area (Å²) in [6.07, 6.45) is 7.63. The Morgan fingerprint density at radius 1 is 0.824 bits per heavy atom. The van der Waals surface area contributed by atoms with Gasteiger partial charge in [-0.3, -0.25) is 23.8 Å². The molecule has 2 aliphatic heterocycles. The monoisotopic (exact) mass is 726 g/mol. The second-order valence-corrected chi connectivity index (χ2v) is 13.4. The van der Waals surface area contributed by atoms with Crippen LogP contribution in [-0.4, -0.2) is 63.4 Å². The summed E-state index contributed by atoms with van der Waals surface area (Å²) in [5.74, 6) is 0.513. The summed E-state index contributed by atoms with van der Waals surface area (Å²) < 4.78 is 7.10. The molecule has 14 heteroatoms. The number of amides is 2. The first-order chi connectivity index (χ1) is 24.8. The molecule has 2 fully saturated rings. The van der Waals surface area contributed by atoms with Gasteiger partial charge in [0.25, 0.3) is 5.56 Å². The number of pyridine rings is 1. The van der Waals surface area contributed by atoms with E-state index in [1.54, 1.807) is 25.7 Å². The number of benzene rings is 2. The Morgan fingerprint density at radius 2 is 1.45 bits per heavy atom. The molecule has 2 aliphatic rings. The smallest absolute Gasteiger partial charge is 0.262 e. The standard InChI is InChI=1S/C37H36Cl2N8O4/c1-51-36-30(19-41-18-24-9-11-33(49)45-24)42-20-29(46-36)28-7-3-6-27(35(28)39)26-5-2-4-25(34(26)38)21-12-13-47-31(14-21)43-16-22(37(47)50)15-40-17-23-8-10-32(48)44-23/h2-7,12-14,16,20,23-24,40-41H,8-11,15,17-19H2,1H3,(H,44,48)(H,45,49)/t23-,24-/m1/s1. The lowest BCUT2D eigenvalue weighted by atomic mass is 9.97. The summed E-state index contributed by atoms with van der Waals surface area (Å²) in [7, 11) is 1.55. The van der Waals surface area contributed by atoms with Crippen molar-refractivity contribution in [2.24, 2.45) is 0 Å². The van der Waals surface area contributed by atoms with Crippen molar-refractivity contribution in [3.05, 3.63) is 98.8 Å². The zero-order valence-corrected chi connectivity index (χ0v) is 29.4. The summed E-state index contributed by atoms with van der Waals surface area (Å²) in [5, 5.41) is 13.4. The zero-order chi connectivity index (χ0) is 35.5. The van der Waals surface area contributed by atoms with Gasteiger partial charge in [-0.1, -0.05) is 59.6 Å². The molecule has 0 bridgehead atoms. The maximum Gasteiger partial charge on any atom is 0.262 e. The highest BCUT2D eigenvalue weighted by Crippen LogP contribution is 2.42. The summed E-state index contributed by atoms with van der Waals surface area (Å²) in [6.45, 7) is 1.99. The van der Waals surface area contributed by atoms with E-state index in [1.165, 1.54) is 4.40 Å². The molecule has 7 rings (SSSR count). The van der Waals surface area contributed by atoms with Crippen molar-refractivity contribution in [3.8, 4) is 39.4 Å². The Hall–Kier alpha value is -4.88. The van der Waals surface area contributed by atoms with Crippen molar-refractivity contribution in [1.29, 1.82) is 0 Å². The zero-order valence-electron chi connectivity index (χ0n) is 27.8. The van der Waals surface area contributed by atoms with Gasteiger partial charge >= 0.3 is 0 Å². The Balaban J connectivity index is 1.10. The number of nitrogens with zero attached hydrogens (tertiary/aromatic N) is 4. The van der Waals surface area contributed by atoms with Crippen LogP contribution in [-0.2, 0) is 22.7 Å². The third kappa shape index (κ3) is 7.45. The van der Waals surface area contributed by atoms with Gasteiger partial charge in [-0.2, -0.15) is 0 Å². The van der Waals surface area contributed by atoms with Gasteiger partial charge in [-0.05, 0) is 30.5 Å². The number of rotatable bonds is 12. The summed E-state index contributed by atoms with van der Waals surface area (Å²) in [6, 6.07) is 15.2.